The molecule has 3 rings (SSSR count). The number of hydrogen-bond donors (Lipinski definition) is 1. The number of aromatic amines is 1. The zero-order chi connectivity index (χ0) is 16.6. The first kappa shape index (κ1) is 16.3. The minimum Gasteiger partial charge on any atom is -0.406 e. The van der Waals surface area contributed by atoms with E-state index >= 15 is 0 Å². The molecule has 0 aliphatic rings. The quantitative estimate of drug-likeness (QED) is 0.324. The number of rotatable bonds is 3. The van der Waals surface area contributed by atoms with E-state index in [0.29, 0.717) is 10.5 Å². The number of nitrogens with zero attached hydrogens (tertiary/aromatic N) is 1. The third-order valence-corrected chi connectivity index (χ3v) is 4.39. The van der Waals surface area contributed by atoms with E-state index in [1.54, 1.807) is 4.57 Å². The number of halogens is 4. The molecule has 2 aromatic carbocycles. The van der Waals surface area contributed by atoms with Crippen LogP contribution in [0.25, 0.3) is 16.7 Å². The average Bonchev–Trinajstić information content (AvgIpc) is 2.81. The van der Waals surface area contributed by atoms with Crippen LogP contribution in [0.4, 0.5) is 13.2 Å². The van der Waals surface area contributed by atoms with Crippen molar-refractivity contribution in [2.75, 3.05) is 0 Å². The Bertz CT molecular complexity index is 900. The lowest BCUT2D eigenvalue weighted by molar-refractivity contribution is -0.274. The molecule has 0 amide bonds. The Morgan fingerprint density at radius 3 is 2.43 bits per heavy atom. The highest BCUT2D eigenvalue weighted by atomic mass is 127. The Kier molecular flexibility index (Phi) is 4.37. The lowest BCUT2D eigenvalue weighted by atomic mass is 10.2. The summed E-state index contributed by atoms with van der Waals surface area (Å²) in [6.07, 6.45) is -4.70. The topological polar surface area (TPSA) is 29.9 Å². The largest absolute Gasteiger partial charge is 0.573 e. The number of alkyl halides is 4. The van der Waals surface area contributed by atoms with E-state index in [-0.39, 0.29) is 5.75 Å². The number of H-pyrrole nitrogens is 1. The van der Waals surface area contributed by atoms with E-state index in [1.165, 1.54) is 24.3 Å². The van der Waals surface area contributed by atoms with Crippen LogP contribution in [0.2, 0.25) is 0 Å². The fourth-order valence-electron chi connectivity index (χ4n) is 2.30. The highest BCUT2D eigenvalue weighted by Gasteiger charge is 2.31. The van der Waals surface area contributed by atoms with Crippen molar-refractivity contribution in [3.8, 4) is 11.4 Å². The van der Waals surface area contributed by atoms with E-state index in [9.17, 15) is 13.2 Å². The highest BCUT2D eigenvalue weighted by Crippen LogP contribution is 2.26. The van der Waals surface area contributed by atoms with Gasteiger partial charge in [-0.1, -0.05) is 28.7 Å². The molecule has 0 aliphatic heterocycles. The molecular weight excluding hydrogens is 440 g/mol. The average molecular weight is 450 g/mol. The van der Waals surface area contributed by atoms with Crippen LogP contribution in [-0.2, 0) is 4.43 Å². The molecule has 23 heavy (non-hydrogen) atoms. The second-order valence-corrected chi connectivity index (χ2v) is 5.94. The predicted molar refractivity (Wildman–Crippen MR) is 92.9 cm³/mol. The summed E-state index contributed by atoms with van der Waals surface area (Å²) in [5.41, 5.74) is 3.58. The molecule has 1 heterocycles. The van der Waals surface area contributed by atoms with Gasteiger partial charge in [-0.05, 0) is 54.2 Å². The van der Waals surface area contributed by atoms with Crippen LogP contribution >= 0.6 is 34.8 Å². The molecule has 0 bridgehead atoms. The summed E-state index contributed by atoms with van der Waals surface area (Å²) in [6.45, 7) is 0. The van der Waals surface area contributed by atoms with Crippen molar-refractivity contribution < 1.29 is 17.9 Å². The maximum atomic E-state index is 12.2. The zero-order valence-electron chi connectivity index (χ0n) is 11.5. The summed E-state index contributed by atoms with van der Waals surface area (Å²) in [6, 6.07) is 11.6. The second-order valence-electron chi connectivity index (χ2n) is 4.79. The van der Waals surface area contributed by atoms with Gasteiger partial charge in [-0.25, -0.2) is 0 Å². The van der Waals surface area contributed by atoms with Crippen molar-refractivity contribution in [1.29, 1.82) is 0 Å². The lowest BCUT2D eigenvalue weighted by Crippen LogP contribution is -2.17. The molecule has 120 valence electrons. The van der Waals surface area contributed by atoms with Crippen LogP contribution in [-0.4, -0.2) is 15.9 Å². The number of nitrogens with one attached hydrogen (secondary N) is 1. The van der Waals surface area contributed by atoms with Gasteiger partial charge in [0.05, 0.1) is 11.0 Å². The van der Waals surface area contributed by atoms with Crippen molar-refractivity contribution in [2.24, 2.45) is 0 Å². The summed E-state index contributed by atoms with van der Waals surface area (Å²) in [5.74, 6) is -0.264. The zero-order valence-corrected chi connectivity index (χ0v) is 14.5. The first-order chi connectivity index (χ1) is 10.9. The van der Waals surface area contributed by atoms with Crippen LogP contribution in [0.15, 0.2) is 42.5 Å². The molecule has 0 spiro atoms. The molecule has 1 aromatic heterocycles. The molecule has 0 radical (unpaired) electrons. The number of hydrogen-bond acceptors (Lipinski definition) is 2. The normalized spacial score (nSPS) is 11.8. The van der Waals surface area contributed by atoms with E-state index in [0.717, 1.165) is 21.0 Å². The standard InChI is InChI=1S/C15H10F3IN2OS/c16-15(17,18)22-11-4-2-10(3-5-11)21-13-6-1-9(8-19)7-12(13)20-14(21)23/h1-7H,8H2,(H,20,23). The van der Waals surface area contributed by atoms with Gasteiger partial charge in [-0.15, -0.1) is 13.2 Å². The minimum absolute atomic E-state index is 0.264. The predicted octanol–water partition coefficient (Wildman–Crippen LogP) is 5.52. The van der Waals surface area contributed by atoms with Crippen molar-refractivity contribution in [3.05, 3.63) is 52.8 Å². The molecule has 3 nitrogen and oxygen atoms in total. The van der Waals surface area contributed by atoms with Crippen LogP contribution in [0.1, 0.15) is 5.56 Å². The molecule has 1 N–H and O–H groups in total. The summed E-state index contributed by atoms with van der Waals surface area (Å²) >= 11 is 7.60. The highest BCUT2D eigenvalue weighted by molar-refractivity contribution is 14.1. The van der Waals surface area contributed by atoms with E-state index in [1.807, 2.05) is 18.2 Å². The van der Waals surface area contributed by atoms with Crippen molar-refractivity contribution in [2.45, 2.75) is 10.8 Å². The molecule has 3 aromatic rings. The molecule has 0 saturated carbocycles. The molecule has 0 atom stereocenters. The second kappa shape index (κ2) is 6.16. The van der Waals surface area contributed by atoms with E-state index < -0.39 is 6.36 Å². The molecule has 0 fully saturated rings. The van der Waals surface area contributed by atoms with Gasteiger partial charge in [-0.2, -0.15) is 0 Å². The maximum absolute atomic E-state index is 12.2. The number of benzene rings is 2. The van der Waals surface area contributed by atoms with Gasteiger partial charge in [0.2, 0.25) is 0 Å². The van der Waals surface area contributed by atoms with E-state index in [4.69, 9.17) is 12.2 Å². The van der Waals surface area contributed by atoms with Gasteiger partial charge >= 0.3 is 6.36 Å². The van der Waals surface area contributed by atoms with Gasteiger partial charge in [-0.3, -0.25) is 4.57 Å². The van der Waals surface area contributed by atoms with Crippen LogP contribution in [0.5, 0.6) is 5.75 Å². The Morgan fingerprint density at radius 1 is 1.13 bits per heavy atom. The fraction of sp³-hybridized carbons (Fsp3) is 0.133. The third kappa shape index (κ3) is 3.52. The molecule has 0 aliphatic carbocycles. The monoisotopic (exact) mass is 450 g/mol. The fourth-order valence-corrected chi connectivity index (χ4v) is 3.08. The van der Waals surface area contributed by atoms with E-state index in [2.05, 4.69) is 32.3 Å². The van der Waals surface area contributed by atoms with Gasteiger partial charge in [0.1, 0.15) is 5.75 Å². The Labute approximate surface area is 148 Å². The van der Waals surface area contributed by atoms with Gasteiger partial charge < -0.3 is 9.72 Å². The first-order valence-corrected chi connectivity index (χ1v) is 8.46. The minimum atomic E-state index is -4.70. The molecular formula is C15H10F3IN2OS. The molecule has 0 unspecified atom stereocenters. The summed E-state index contributed by atoms with van der Waals surface area (Å²) < 4.78 is 43.6. The SMILES string of the molecule is FC(F)(F)Oc1ccc(-n2c(=S)[nH]c3cc(CI)ccc32)cc1. The first-order valence-electron chi connectivity index (χ1n) is 6.53. The number of ether oxygens (including phenoxy) is 1. The summed E-state index contributed by atoms with van der Waals surface area (Å²) in [5, 5.41) is 0. The third-order valence-electron chi connectivity index (χ3n) is 3.23. The smallest absolute Gasteiger partial charge is 0.406 e. The van der Waals surface area contributed by atoms with Crippen molar-refractivity contribution in [3.63, 3.8) is 0 Å². The molecule has 8 heteroatoms. The number of imidazole rings is 1. The van der Waals surface area contributed by atoms with Crippen LogP contribution in [0, 0.1) is 4.77 Å². The van der Waals surface area contributed by atoms with Crippen molar-refractivity contribution in [1.82, 2.24) is 9.55 Å². The lowest BCUT2D eigenvalue weighted by Gasteiger charge is -2.10. The number of aromatic nitrogens is 2. The van der Waals surface area contributed by atoms with Gasteiger partial charge in [0.25, 0.3) is 0 Å². The Balaban J connectivity index is 2.03. The Hall–Kier alpha value is -1.55. The van der Waals surface area contributed by atoms with Crippen LogP contribution < -0.4 is 4.74 Å². The van der Waals surface area contributed by atoms with Gasteiger partial charge in [0.15, 0.2) is 4.77 Å². The molecule has 0 saturated heterocycles. The Morgan fingerprint density at radius 2 is 1.83 bits per heavy atom. The van der Waals surface area contributed by atoms with Gasteiger partial charge in [0, 0.05) is 10.1 Å². The van der Waals surface area contributed by atoms with Crippen LogP contribution in [0.3, 0.4) is 0 Å². The summed E-state index contributed by atoms with van der Waals surface area (Å²) in [7, 11) is 0. The maximum Gasteiger partial charge on any atom is 0.573 e. The summed E-state index contributed by atoms with van der Waals surface area (Å²) in [4.78, 5) is 3.12. The van der Waals surface area contributed by atoms with Crippen molar-refractivity contribution >= 4 is 45.8 Å². The number of fused-ring (bicyclic) bond motifs is 1.